The van der Waals surface area contributed by atoms with Crippen LogP contribution in [0.25, 0.3) is 101 Å². The van der Waals surface area contributed by atoms with Crippen LogP contribution in [0.1, 0.15) is 22.3 Å². The second-order valence-electron chi connectivity index (χ2n) is 19.3. The van der Waals surface area contributed by atoms with E-state index in [9.17, 15) is 0 Å². The number of para-hydroxylation sites is 3. The van der Waals surface area contributed by atoms with Gasteiger partial charge in [-0.3, -0.25) is 9.13 Å². The van der Waals surface area contributed by atoms with E-state index in [-0.39, 0.29) is 0 Å². The zero-order valence-corrected chi connectivity index (χ0v) is 40.1. The summed E-state index contributed by atoms with van der Waals surface area (Å²) in [6.45, 7) is 0. The normalized spacial score (nSPS) is 12.8. The molecule has 0 bridgehead atoms. The maximum absolute atomic E-state index is 6.89. The van der Waals surface area contributed by atoms with E-state index in [1.807, 2.05) is 0 Å². The van der Waals surface area contributed by atoms with Crippen LogP contribution in [0.2, 0.25) is 0 Å². The molecule has 3 heterocycles. The van der Waals surface area contributed by atoms with Gasteiger partial charge in [-0.1, -0.05) is 182 Å². The molecule has 0 saturated carbocycles. The van der Waals surface area contributed by atoms with E-state index in [1.54, 1.807) is 0 Å². The number of rotatable bonds is 7. The Bertz CT molecular complexity index is 4100. The van der Waals surface area contributed by atoms with Crippen LogP contribution >= 0.6 is 0 Å². The summed E-state index contributed by atoms with van der Waals surface area (Å²) in [5.74, 6) is 3.54. The highest BCUT2D eigenvalue weighted by Gasteiger charge is 2.51. The number of fused-ring (bicyclic) bond motifs is 11. The lowest BCUT2D eigenvalue weighted by atomic mass is 9.65. The van der Waals surface area contributed by atoms with Gasteiger partial charge in [0.1, 0.15) is 23.1 Å². The molecule has 11 aromatic carbocycles. The van der Waals surface area contributed by atoms with Crippen molar-refractivity contribution in [2.24, 2.45) is 0 Å². The van der Waals surface area contributed by atoms with Crippen molar-refractivity contribution in [2.75, 3.05) is 0 Å². The topological polar surface area (TPSA) is 44.9 Å². The van der Waals surface area contributed by atoms with Gasteiger partial charge in [0, 0.05) is 33.6 Å². The molecule has 15 rings (SSSR count). The van der Waals surface area contributed by atoms with Crippen LogP contribution < -0.4 is 4.74 Å². The molecule has 0 fully saturated rings. The smallest absolute Gasteiger partial charge is 0.145 e. The van der Waals surface area contributed by atoms with Gasteiger partial charge in [0.25, 0.3) is 0 Å². The average Bonchev–Trinajstić information content (AvgIpc) is 4.26. The zero-order valence-electron chi connectivity index (χ0n) is 40.1. The molecule has 1 aliphatic carbocycles. The van der Waals surface area contributed by atoms with Gasteiger partial charge in [-0.25, -0.2) is 9.97 Å². The first-order valence-electron chi connectivity index (χ1n) is 25.2. The van der Waals surface area contributed by atoms with Gasteiger partial charge in [0.05, 0.1) is 27.5 Å². The molecule has 2 aliphatic rings. The Kier molecular flexibility index (Phi) is 9.41. The summed E-state index contributed by atoms with van der Waals surface area (Å²) in [4.78, 5) is 10.8. The summed E-state index contributed by atoms with van der Waals surface area (Å²) in [5, 5.41) is 0. The molecule has 0 unspecified atom stereocenters. The zero-order chi connectivity index (χ0) is 48.7. The highest BCUT2D eigenvalue weighted by Crippen LogP contribution is 2.62. The third kappa shape index (κ3) is 6.43. The summed E-state index contributed by atoms with van der Waals surface area (Å²) in [6, 6.07) is 95.6. The Morgan fingerprint density at radius 3 is 1.18 bits per heavy atom. The van der Waals surface area contributed by atoms with Gasteiger partial charge in [-0.2, -0.15) is 0 Å². The van der Waals surface area contributed by atoms with Crippen LogP contribution in [-0.2, 0) is 5.41 Å². The van der Waals surface area contributed by atoms with Gasteiger partial charge in [0.15, 0.2) is 0 Å². The fourth-order valence-corrected chi connectivity index (χ4v) is 11.9. The molecule has 13 aromatic rings. The maximum atomic E-state index is 6.89. The lowest BCUT2D eigenvalue weighted by molar-refractivity contribution is 0.436. The molecule has 0 amide bonds. The highest BCUT2D eigenvalue weighted by molar-refractivity contribution is 5.93. The third-order valence-electron chi connectivity index (χ3n) is 15.2. The fourth-order valence-electron chi connectivity index (χ4n) is 11.9. The van der Waals surface area contributed by atoms with Crippen molar-refractivity contribution >= 4 is 22.1 Å². The first-order valence-corrected chi connectivity index (χ1v) is 25.2. The Morgan fingerprint density at radius 2 is 0.676 bits per heavy atom. The van der Waals surface area contributed by atoms with Gasteiger partial charge < -0.3 is 4.74 Å². The molecule has 0 N–H and O–H groups in total. The SMILES string of the molecule is c1ccc(-c2nc3cc(-c4cc(-c5ccc6c(c5)C5(c7ccccc7O6)c6ccccc6-c6ccccc65)cc(-c5ccc6c(c5)nc(-c5ccccc5)n6-c5ccccc5)c4)ccc3n2-c2ccccc2)cc1. The number of nitrogens with zero attached hydrogens (tertiary/aromatic N) is 4. The summed E-state index contributed by atoms with van der Waals surface area (Å²) in [6.07, 6.45) is 0. The lowest BCUT2D eigenvalue weighted by Crippen LogP contribution is -2.32. The van der Waals surface area contributed by atoms with Gasteiger partial charge >= 0.3 is 0 Å². The van der Waals surface area contributed by atoms with Crippen molar-refractivity contribution in [2.45, 2.75) is 5.41 Å². The Morgan fingerprint density at radius 1 is 0.284 bits per heavy atom. The lowest BCUT2D eigenvalue weighted by Gasteiger charge is -2.39. The minimum Gasteiger partial charge on any atom is -0.457 e. The Labute approximate surface area is 428 Å². The van der Waals surface area contributed by atoms with Crippen LogP contribution in [0.3, 0.4) is 0 Å². The second kappa shape index (κ2) is 16.6. The molecular formula is C69H44N4O. The first kappa shape index (κ1) is 41.9. The largest absolute Gasteiger partial charge is 0.457 e. The minimum absolute atomic E-state index is 0.591. The van der Waals surface area contributed by atoms with Crippen molar-refractivity contribution in [3.63, 3.8) is 0 Å². The van der Waals surface area contributed by atoms with Crippen molar-refractivity contribution in [1.82, 2.24) is 19.1 Å². The Balaban J connectivity index is 0.952. The van der Waals surface area contributed by atoms with Crippen LogP contribution in [-0.4, -0.2) is 19.1 Å². The van der Waals surface area contributed by atoms with Crippen LogP contribution in [0, 0.1) is 0 Å². The van der Waals surface area contributed by atoms with Crippen molar-refractivity contribution in [1.29, 1.82) is 0 Å². The predicted octanol–water partition coefficient (Wildman–Crippen LogP) is 17.2. The standard InChI is InChI=1S/C69H44N4O/c1-5-19-45(20-6-1)67-70-61-43-48(33-36-63(61)72(67)53-23-9-3-10-24-53)51-39-50(40-52(41-51)49-34-37-64-62(44-49)71-68(46-21-7-2-8-22-46)73(64)54-25-11-4-12-26-54)47-35-38-66-60(42-47)69(59-31-17-18-32-65(59)74-66)57-29-15-13-27-55(57)56-28-14-16-30-58(56)69/h1-44H. The van der Waals surface area contributed by atoms with Crippen molar-refractivity contribution < 1.29 is 4.74 Å². The average molecular weight is 945 g/mol. The molecular weight excluding hydrogens is 901 g/mol. The maximum Gasteiger partial charge on any atom is 0.145 e. The molecule has 0 saturated heterocycles. The molecule has 5 heteroatoms. The highest BCUT2D eigenvalue weighted by atomic mass is 16.5. The summed E-state index contributed by atoms with van der Waals surface area (Å²) in [7, 11) is 0. The molecule has 346 valence electrons. The predicted molar refractivity (Wildman–Crippen MR) is 300 cm³/mol. The van der Waals surface area contributed by atoms with E-state index in [0.717, 1.165) is 112 Å². The first-order chi connectivity index (χ1) is 36.7. The van der Waals surface area contributed by atoms with E-state index in [0.29, 0.717) is 0 Å². The number of imidazole rings is 2. The Hall–Kier alpha value is -9.84. The fraction of sp³-hybridized carbons (Fsp3) is 0.0145. The summed E-state index contributed by atoms with van der Waals surface area (Å²) < 4.78 is 11.4. The molecule has 2 aromatic heterocycles. The van der Waals surface area contributed by atoms with E-state index in [2.05, 4.69) is 276 Å². The molecule has 1 spiro atoms. The van der Waals surface area contributed by atoms with Gasteiger partial charge in [-0.05, 0) is 141 Å². The van der Waals surface area contributed by atoms with Crippen molar-refractivity contribution in [3.8, 4) is 90.2 Å². The number of aromatic nitrogens is 4. The van der Waals surface area contributed by atoms with Crippen LogP contribution in [0.5, 0.6) is 11.5 Å². The number of hydrogen-bond acceptors (Lipinski definition) is 3. The van der Waals surface area contributed by atoms with Gasteiger partial charge in [0.2, 0.25) is 0 Å². The quantitative estimate of drug-likeness (QED) is 0.160. The van der Waals surface area contributed by atoms with E-state index in [4.69, 9.17) is 14.7 Å². The number of benzene rings is 11. The van der Waals surface area contributed by atoms with Gasteiger partial charge in [-0.15, -0.1) is 0 Å². The second-order valence-corrected chi connectivity index (χ2v) is 19.3. The summed E-state index contributed by atoms with van der Waals surface area (Å²) >= 11 is 0. The third-order valence-corrected chi connectivity index (χ3v) is 15.2. The van der Waals surface area contributed by atoms with E-state index in [1.165, 1.54) is 22.3 Å². The molecule has 0 radical (unpaired) electrons. The monoisotopic (exact) mass is 944 g/mol. The molecule has 1 aliphatic heterocycles. The molecule has 5 nitrogen and oxygen atoms in total. The van der Waals surface area contributed by atoms with Crippen molar-refractivity contribution in [3.05, 3.63) is 289 Å². The van der Waals surface area contributed by atoms with E-state index < -0.39 is 5.41 Å². The molecule has 0 atom stereocenters. The number of ether oxygens (including phenoxy) is 1. The van der Waals surface area contributed by atoms with Crippen LogP contribution in [0.4, 0.5) is 0 Å². The van der Waals surface area contributed by atoms with E-state index >= 15 is 0 Å². The summed E-state index contributed by atoms with van der Waals surface area (Å²) in [5.41, 5.74) is 21.4. The minimum atomic E-state index is -0.591. The molecule has 74 heavy (non-hydrogen) atoms. The number of hydrogen-bond donors (Lipinski definition) is 0. The van der Waals surface area contributed by atoms with Crippen LogP contribution in [0.15, 0.2) is 267 Å².